The number of hydrogen-bond donors (Lipinski definition) is 1. The summed E-state index contributed by atoms with van der Waals surface area (Å²) in [4.78, 5) is 39.8. The minimum Gasteiger partial charge on any atom is -0.299 e. The van der Waals surface area contributed by atoms with E-state index in [-0.39, 0.29) is 24.5 Å². The molecule has 0 aliphatic carbocycles. The number of aromatic nitrogens is 2. The number of nitrogens with one attached hydrogen (secondary N) is 1. The van der Waals surface area contributed by atoms with Crippen LogP contribution < -0.4 is 10.2 Å². The zero-order chi connectivity index (χ0) is 16.4. The Hall–Kier alpha value is -3.14. The zero-order valence-corrected chi connectivity index (χ0v) is 12.5. The van der Waals surface area contributed by atoms with Crippen molar-refractivity contribution in [2.24, 2.45) is 0 Å². The molecule has 7 heteroatoms. The van der Waals surface area contributed by atoms with Crippen molar-refractivity contribution in [1.82, 2.24) is 14.7 Å². The molecule has 0 spiro atoms. The van der Waals surface area contributed by atoms with E-state index in [1.165, 1.54) is 11.8 Å². The smallest absolute Gasteiger partial charge is 0.299 e. The molecule has 2 aromatic heterocycles. The number of anilines is 1. The number of imide groups is 1. The van der Waals surface area contributed by atoms with Crippen LogP contribution in [0.2, 0.25) is 0 Å². The summed E-state index contributed by atoms with van der Waals surface area (Å²) in [5.41, 5.74) is 1.38. The lowest BCUT2D eigenvalue weighted by Gasteiger charge is -2.25. The van der Waals surface area contributed by atoms with Crippen molar-refractivity contribution in [1.29, 1.82) is 0 Å². The third-order valence-corrected chi connectivity index (χ3v) is 3.39. The number of Topliss-reactive ketones (excluding diaryl/α,β-unsaturated/α-hetero) is 1. The normalized spacial score (nSPS) is 14.4. The number of carbonyl (C=O) groups is 3. The van der Waals surface area contributed by atoms with Crippen LogP contribution in [0, 0.1) is 11.8 Å². The van der Waals surface area contributed by atoms with E-state index in [1.54, 1.807) is 28.9 Å². The summed E-state index contributed by atoms with van der Waals surface area (Å²) in [5.74, 6) is 6.05. The Balaban J connectivity index is 1.89. The molecule has 0 unspecified atom stereocenters. The van der Waals surface area contributed by atoms with Crippen LogP contribution in [0.1, 0.15) is 25.3 Å². The summed E-state index contributed by atoms with van der Waals surface area (Å²) in [6.45, 7) is 1.81. The van der Waals surface area contributed by atoms with Crippen LogP contribution >= 0.6 is 0 Å². The third-order valence-electron chi connectivity index (χ3n) is 3.39. The maximum absolute atomic E-state index is 11.9. The van der Waals surface area contributed by atoms with Gasteiger partial charge in [-0.25, -0.2) is 9.78 Å². The predicted molar refractivity (Wildman–Crippen MR) is 82.9 cm³/mol. The fraction of sp³-hybridized carbons (Fsp3) is 0.250. The Morgan fingerprint density at radius 2 is 2.26 bits per heavy atom. The second kappa shape index (κ2) is 5.93. The summed E-state index contributed by atoms with van der Waals surface area (Å²) >= 11 is 0. The molecule has 1 saturated heterocycles. The van der Waals surface area contributed by atoms with Gasteiger partial charge in [0, 0.05) is 24.7 Å². The number of nitrogens with zero attached hydrogens (tertiary/aromatic N) is 3. The van der Waals surface area contributed by atoms with E-state index in [4.69, 9.17) is 0 Å². The number of ketones is 1. The molecule has 7 nitrogen and oxygen atoms in total. The second-order valence-corrected chi connectivity index (χ2v) is 5.20. The van der Waals surface area contributed by atoms with E-state index in [9.17, 15) is 14.4 Å². The number of urea groups is 1. The average molecular weight is 310 g/mol. The van der Waals surface area contributed by atoms with Gasteiger partial charge in [-0.2, -0.15) is 0 Å². The second-order valence-electron chi connectivity index (χ2n) is 5.20. The van der Waals surface area contributed by atoms with Gasteiger partial charge >= 0.3 is 6.03 Å². The molecule has 1 aliphatic heterocycles. The summed E-state index contributed by atoms with van der Waals surface area (Å²) < 4.78 is 1.76. The van der Waals surface area contributed by atoms with E-state index in [0.29, 0.717) is 18.0 Å². The Morgan fingerprint density at radius 1 is 1.43 bits per heavy atom. The highest BCUT2D eigenvalue weighted by Crippen LogP contribution is 2.19. The Labute approximate surface area is 132 Å². The van der Waals surface area contributed by atoms with Crippen molar-refractivity contribution in [2.45, 2.75) is 19.8 Å². The van der Waals surface area contributed by atoms with Crippen molar-refractivity contribution >= 4 is 29.2 Å². The summed E-state index contributed by atoms with van der Waals surface area (Å²) in [5, 5.41) is 2.28. The largest absolute Gasteiger partial charge is 0.329 e. The molecule has 0 atom stereocenters. The number of rotatable bonds is 2. The molecule has 1 aliphatic rings. The molecular weight excluding hydrogens is 296 g/mol. The molecule has 116 valence electrons. The maximum Gasteiger partial charge on any atom is 0.329 e. The third kappa shape index (κ3) is 3.06. The van der Waals surface area contributed by atoms with Crippen LogP contribution in [0.3, 0.4) is 0 Å². The molecule has 23 heavy (non-hydrogen) atoms. The Kier molecular flexibility index (Phi) is 3.81. The van der Waals surface area contributed by atoms with Crippen molar-refractivity contribution in [3.05, 3.63) is 30.1 Å². The standard InChI is InChI=1S/C16H14N4O3/c1-11(21)3-2-4-12-5-7-19-13(9-12)17-10-15(19)20-8-6-14(22)18-16(20)23/h5,7,9-10H,3,6,8H2,1H3,(H,18,22,23). The van der Waals surface area contributed by atoms with Gasteiger partial charge in [0.05, 0.1) is 12.6 Å². The van der Waals surface area contributed by atoms with Gasteiger partial charge in [-0.05, 0) is 19.1 Å². The van der Waals surface area contributed by atoms with Crippen LogP contribution in [0.15, 0.2) is 24.5 Å². The topological polar surface area (TPSA) is 83.8 Å². The first kappa shape index (κ1) is 14.8. The summed E-state index contributed by atoms with van der Waals surface area (Å²) in [6.07, 6.45) is 3.82. The van der Waals surface area contributed by atoms with Crippen molar-refractivity contribution < 1.29 is 14.4 Å². The van der Waals surface area contributed by atoms with Crippen LogP contribution in [-0.4, -0.2) is 33.7 Å². The molecule has 3 amide bonds. The van der Waals surface area contributed by atoms with Gasteiger partial charge in [0.2, 0.25) is 5.91 Å². The first-order valence-corrected chi connectivity index (χ1v) is 7.11. The van der Waals surface area contributed by atoms with Crippen LogP contribution in [0.5, 0.6) is 0 Å². The predicted octanol–water partition coefficient (Wildman–Crippen LogP) is 1.11. The average Bonchev–Trinajstić information content (AvgIpc) is 2.90. The molecule has 3 heterocycles. The summed E-state index contributed by atoms with van der Waals surface area (Å²) in [6, 6.07) is 3.12. The van der Waals surface area contributed by atoms with Crippen LogP contribution in [0.25, 0.3) is 5.65 Å². The highest BCUT2D eigenvalue weighted by molar-refractivity contribution is 6.05. The van der Waals surface area contributed by atoms with Crippen molar-refractivity contribution in [3.8, 4) is 11.8 Å². The maximum atomic E-state index is 11.9. The van der Waals surface area contributed by atoms with Gasteiger partial charge < -0.3 is 0 Å². The quantitative estimate of drug-likeness (QED) is 0.842. The molecular formula is C16H14N4O3. The molecule has 0 aromatic carbocycles. The monoisotopic (exact) mass is 310 g/mol. The molecule has 0 radical (unpaired) electrons. The number of pyridine rings is 1. The van der Waals surface area contributed by atoms with Crippen LogP contribution in [-0.2, 0) is 9.59 Å². The van der Waals surface area contributed by atoms with Gasteiger partial charge in [0.1, 0.15) is 17.2 Å². The molecule has 1 N–H and O–H groups in total. The van der Waals surface area contributed by atoms with E-state index in [2.05, 4.69) is 22.1 Å². The van der Waals surface area contributed by atoms with E-state index in [1.807, 2.05) is 0 Å². The first-order valence-electron chi connectivity index (χ1n) is 7.11. The van der Waals surface area contributed by atoms with Gasteiger partial charge in [-0.3, -0.25) is 24.2 Å². The number of fused-ring (bicyclic) bond motifs is 1. The van der Waals surface area contributed by atoms with E-state index in [0.717, 1.165) is 5.56 Å². The Bertz CT molecular complexity index is 872. The fourth-order valence-corrected chi connectivity index (χ4v) is 2.30. The molecule has 0 bridgehead atoms. The first-order chi connectivity index (χ1) is 11.0. The summed E-state index contributed by atoms with van der Waals surface area (Å²) in [7, 11) is 0. The number of imidazole rings is 1. The lowest BCUT2D eigenvalue weighted by Crippen LogP contribution is -2.50. The number of carbonyl (C=O) groups excluding carboxylic acids is 3. The van der Waals surface area contributed by atoms with Crippen molar-refractivity contribution in [3.63, 3.8) is 0 Å². The fourth-order valence-electron chi connectivity index (χ4n) is 2.30. The van der Waals surface area contributed by atoms with Gasteiger partial charge in [0.25, 0.3) is 0 Å². The molecule has 3 rings (SSSR count). The lowest BCUT2D eigenvalue weighted by atomic mass is 10.2. The molecule has 1 fully saturated rings. The van der Waals surface area contributed by atoms with Crippen LogP contribution in [0.4, 0.5) is 10.6 Å². The number of amides is 3. The Morgan fingerprint density at radius 3 is 3.00 bits per heavy atom. The van der Waals surface area contributed by atoms with Crippen molar-refractivity contribution in [2.75, 3.05) is 11.4 Å². The van der Waals surface area contributed by atoms with Gasteiger partial charge in [0.15, 0.2) is 0 Å². The minimum atomic E-state index is -0.451. The molecule has 2 aromatic rings. The lowest BCUT2D eigenvalue weighted by molar-refractivity contribution is -0.120. The van der Waals surface area contributed by atoms with Gasteiger partial charge in [-0.1, -0.05) is 11.8 Å². The van der Waals surface area contributed by atoms with Gasteiger partial charge in [-0.15, -0.1) is 0 Å². The van der Waals surface area contributed by atoms with E-state index < -0.39 is 6.03 Å². The number of hydrogen-bond acceptors (Lipinski definition) is 4. The molecule has 0 saturated carbocycles. The SMILES string of the molecule is CC(=O)CC#Cc1ccn2c(N3CCC(=O)NC3=O)cnc2c1. The van der Waals surface area contributed by atoms with E-state index >= 15 is 0 Å². The minimum absolute atomic E-state index is 0.0207. The highest BCUT2D eigenvalue weighted by Gasteiger charge is 2.26. The zero-order valence-electron chi connectivity index (χ0n) is 12.5. The highest BCUT2D eigenvalue weighted by atomic mass is 16.2.